The summed E-state index contributed by atoms with van der Waals surface area (Å²) < 4.78 is 0. The van der Waals surface area contributed by atoms with Crippen LogP contribution in [0, 0.1) is 5.92 Å². The number of hydrogen-bond donors (Lipinski definition) is 7. The molecule has 5 atom stereocenters. The van der Waals surface area contributed by atoms with Crippen LogP contribution in [0.15, 0.2) is 30.5 Å². The molecule has 1 saturated heterocycles. The largest absolute Gasteiger partial charge is 0.481 e. The quantitative estimate of drug-likeness (QED) is 0.195. The molecule has 0 spiro atoms. The number of para-hydroxylation sites is 1. The van der Waals surface area contributed by atoms with E-state index in [1.54, 1.807) is 20.0 Å². The summed E-state index contributed by atoms with van der Waals surface area (Å²) in [5.41, 5.74) is 1.52. The lowest BCUT2D eigenvalue weighted by Crippen LogP contribution is -2.58. The van der Waals surface area contributed by atoms with Crippen LogP contribution in [0.25, 0.3) is 10.9 Å². The first kappa shape index (κ1) is 28.6. The molecule has 206 valence electrons. The molecule has 5 unspecified atom stereocenters. The predicted octanol–water partition coefficient (Wildman–Crippen LogP) is 0.522. The SMILES string of the molecule is CCC(C)C(NC(=O)C(Cc1c[nH]c2ccccc12)NC(=O)C(CC(=O)O)NC(=O)C1CCCN1)C(=O)O. The van der Waals surface area contributed by atoms with Gasteiger partial charge in [-0.15, -0.1) is 0 Å². The average molecular weight is 530 g/mol. The van der Waals surface area contributed by atoms with Gasteiger partial charge in [-0.1, -0.05) is 38.5 Å². The monoisotopic (exact) mass is 529 g/mol. The molecule has 12 nitrogen and oxygen atoms in total. The zero-order valence-corrected chi connectivity index (χ0v) is 21.5. The maximum Gasteiger partial charge on any atom is 0.326 e. The lowest BCUT2D eigenvalue weighted by Gasteiger charge is -2.26. The molecule has 0 radical (unpaired) electrons. The maximum absolute atomic E-state index is 13.3. The van der Waals surface area contributed by atoms with E-state index in [1.165, 1.54) is 0 Å². The Bertz CT molecular complexity index is 1170. The maximum atomic E-state index is 13.3. The first-order chi connectivity index (χ1) is 18.1. The number of amides is 3. The minimum Gasteiger partial charge on any atom is -0.481 e. The fourth-order valence-electron chi connectivity index (χ4n) is 4.50. The Morgan fingerprint density at radius 3 is 2.37 bits per heavy atom. The van der Waals surface area contributed by atoms with Crippen LogP contribution in [-0.2, 0) is 30.4 Å². The normalized spacial score (nSPS) is 18.2. The van der Waals surface area contributed by atoms with Gasteiger partial charge in [0.05, 0.1) is 12.5 Å². The van der Waals surface area contributed by atoms with Gasteiger partial charge in [-0.3, -0.25) is 19.2 Å². The van der Waals surface area contributed by atoms with Crippen molar-refractivity contribution >= 4 is 40.6 Å². The predicted molar refractivity (Wildman–Crippen MR) is 138 cm³/mol. The zero-order chi connectivity index (χ0) is 27.8. The number of hydrogen-bond acceptors (Lipinski definition) is 6. The first-order valence-corrected chi connectivity index (χ1v) is 12.7. The number of carboxylic acids is 2. The number of rotatable bonds is 13. The molecule has 1 aromatic carbocycles. The summed E-state index contributed by atoms with van der Waals surface area (Å²) in [4.78, 5) is 65.6. The Kier molecular flexibility index (Phi) is 9.83. The van der Waals surface area contributed by atoms with Gasteiger partial charge in [0, 0.05) is 23.5 Å². The van der Waals surface area contributed by atoms with Gasteiger partial charge in [0.2, 0.25) is 17.7 Å². The molecule has 0 aliphatic carbocycles. The number of aromatic nitrogens is 1. The third-order valence-electron chi connectivity index (χ3n) is 6.90. The summed E-state index contributed by atoms with van der Waals surface area (Å²) in [5, 5.41) is 30.4. The minimum atomic E-state index is -1.43. The molecule has 3 amide bonds. The van der Waals surface area contributed by atoms with Crippen LogP contribution in [0.3, 0.4) is 0 Å². The number of aliphatic carboxylic acids is 2. The van der Waals surface area contributed by atoms with Gasteiger partial charge in [0.15, 0.2) is 0 Å². The lowest BCUT2D eigenvalue weighted by molar-refractivity contribution is -0.144. The summed E-state index contributed by atoms with van der Waals surface area (Å²) >= 11 is 0. The molecular formula is C26H35N5O7. The molecule has 2 heterocycles. The number of carbonyl (C=O) groups is 5. The third-order valence-corrected chi connectivity index (χ3v) is 6.90. The number of nitrogens with one attached hydrogen (secondary N) is 5. The van der Waals surface area contributed by atoms with Crippen molar-refractivity contribution in [3.8, 4) is 0 Å². The Hall–Kier alpha value is -3.93. The van der Waals surface area contributed by atoms with E-state index in [2.05, 4.69) is 26.3 Å². The number of benzene rings is 1. The van der Waals surface area contributed by atoms with Crippen molar-refractivity contribution in [2.75, 3.05) is 6.54 Å². The minimum absolute atomic E-state index is 0.00630. The molecule has 7 N–H and O–H groups in total. The van der Waals surface area contributed by atoms with Gasteiger partial charge in [-0.25, -0.2) is 4.79 Å². The van der Waals surface area contributed by atoms with Crippen molar-refractivity contribution in [1.29, 1.82) is 0 Å². The van der Waals surface area contributed by atoms with E-state index in [-0.39, 0.29) is 12.3 Å². The molecule has 38 heavy (non-hydrogen) atoms. The molecule has 3 rings (SSSR count). The molecule has 0 saturated carbocycles. The molecular weight excluding hydrogens is 494 g/mol. The topological polar surface area (TPSA) is 190 Å². The summed E-state index contributed by atoms with van der Waals surface area (Å²) in [7, 11) is 0. The summed E-state index contributed by atoms with van der Waals surface area (Å²) in [5.74, 6) is -4.96. The van der Waals surface area contributed by atoms with E-state index in [0.29, 0.717) is 24.9 Å². The average Bonchev–Trinajstić information content (AvgIpc) is 3.56. The number of carboxylic acid groups (broad SMARTS) is 2. The standard InChI is InChI=1S/C26H35N5O7/c1-3-14(2)22(26(37)38)31-25(36)19(11-15-13-28-17-8-5-4-7-16(15)17)29-24(35)20(12-21(32)33)30-23(34)18-9-6-10-27-18/h4-5,7-8,13-14,18-20,22,27-28H,3,6,9-12H2,1-2H3,(H,29,35)(H,30,34)(H,31,36)(H,32,33)(H,37,38). The fraction of sp³-hybridized carbons (Fsp3) is 0.500. The number of fused-ring (bicyclic) bond motifs is 1. The van der Waals surface area contributed by atoms with Crippen LogP contribution in [0.4, 0.5) is 0 Å². The summed E-state index contributed by atoms with van der Waals surface area (Å²) in [6.07, 6.45) is 2.86. The summed E-state index contributed by atoms with van der Waals surface area (Å²) in [6, 6.07) is 3.00. The van der Waals surface area contributed by atoms with Crippen molar-refractivity contribution in [1.82, 2.24) is 26.3 Å². The smallest absolute Gasteiger partial charge is 0.326 e. The van der Waals surface area contributed by atoms with Gasteiger partial charge >= 0.3 is 11.9 Å². The van der Waals surface area contributed by atoms with Crippen molar-refractivity contribution in [3.05, 3.63) is 36.0 Å². The molecule has 12 heteroatoms. The molecule has 2 aromatic rings. The van der Waals surface area contributed by atoms with Gasteiger partial charge in [0.25, 0.3) is 0 Å². The Balaban J connectivity index is 1.85. The van der Waals surface area contributed by atoms with E-state index < -0.39 is 60.2 Å². The highest BCUT2D eigenvalue weighted by Gasteiger charge is 2.34. The second-order valence-corrected chi connectivity index (χ2v) is 9.64. The summed E-state index contributed by atoms with van der Waals surface area (Å²) in [6.45, 7) is 4.14. The highest BCUT2D eigenvalue weighted by atomic mass is 16.4. The zero-order valence-electron chi connectivity index (χ0n) is 21.5. The number of carbonyl (C=O) groups excluding carboxylic acids is 3. The first-order valence-electron chi connectivity index (χ1n) is 12.7. The molecule has 0 bridgehead atoms. The van der Waals surface area contributed by atoms with Crippen molar-refractivity contribution < 1.29 is 34.2 Å². The van der Waals surface area contributed by atoms with Gasteiger partial charge < -0.3 is 36.5 Å². The van der Waals surface area contributed by atoms with Gasteiger partial charge in [-0.2, -0.15) is 0 Å². The Morgan fingerprint density at radius 2 is 1.74 bits per heavy atom. The number of H-pyrrole nitrogens is 1. The highest BCUT2D eigenvalue weighted by molar-refractivity contribution is 5.96. The van der Waals surface area contributed by atoms with E-state index in [9.17, 15) is 34.2 Å². The van der Waals surface area contributed by atoms with Crippen LogP contribution < -0.4 is 21.3 Å². The van der Waals surface area contributed by atoms with Crippen LogP contribution in [0.1, 0.15) is 45.1 Å². The van der Waals surface area contributed by atoms with Crippen LogP contribution in [0.2, 0.25) is 0 Å². The van der Waals surface area contributed by atoms with Crippen LogP contribution in [0.5, 0.6) is 0 Å². The van der Waals surface area contributed by atoms with Gasteiger partial charge in [0.1, 0.15) is 18.1 Å². The lowest BCUT2D eigenvalue weighted by atomic mass is 9.98. The van der Waals surface area contributed by atoms with Crippen LogP contribution in [-0.4, -0.2) is 75.6 Å². The molecule has 1 aliphatic rings. The Morgan fingerprint density at radius 1 is 1.03 bits per heavy atom. The number of aromatic amines is 1. The van der Waals surface area contributed by atoms with E-state index in [1.807, 2.05) is 24.3 Å². The van der Waals surface area contributed by atoms with Crippen LogP contribution >= 0.6 is 0 Å². The fourth-order valence-corrected chi connectivity index (χ4v) is 4.50. The second-order valence-electron chi connectivity index (χ2n) is 9.64. The van der Waals surface area contributed by atoms with Crippen molar-refractivity contribution in [2.45, 2.75) is 70.1 Å². The molecule has 1 fully saturated rings. The van der Waals surface area contributed by atoms with Crippen molar-refractivity contribution in [3.63, 3.8) is 0 Å². The van der Waals surface area contributed by atoms with Gasteiger partial charge in [-0.05, 0) is 36.9 Å². The van der Waals surface area contributed by atoms with E-state index in [4.69, 9.17) is 0 Å². The second kappa shape index (κ2) is 13.0. The van der Waals surface area contributed by atoms with E-state index >= 15 is 0 Å². The highest BCUT2D eigenvalue weighted by Crippen LogP contribution is 2.20. The third kappa shape index (κ3) is 7.31. The molecule has 1 aromatic heterocycles. The van der Waals surface area contributed by atoms with Crippen molar-refractivity contribution in [2.24, 2.45) is 5.92 Å². The molecule has 1 aliphatic heterocycles. The Labute approximate surface area is 219 Å². The van der Waals surface area contributed by atoms with E-state index in [0.717, 1.165) is 17.3 Å².